The molecule has 0 spiro atoms. The third-order valence-electron chi connectivity index (χ3n) is 5.64. The Balaban J connectivity index is 1.47. The van der Waals surface area contributed by atoms with E-state index in [2.05, 4.69) is 25.3 Å². The molecule has 0 radical (unpaired) electrons. The minimum Gasteiger partial charge on any atom is -0.383 e. The fourth-order valence-corrected chi connectivity index (χ4v) is 4.07. The lowest BCUT2D eigenvalue weighted by atomic mass is 9.90. The molecule has 0 bridgehead atoms. The van der Waals surface area contributed by atoms with Gasteiger partial charge >= 0.3 is 0 Å². The molecule has 1 aliphatic heterocycles. The summed E-state index contributed by atoms with van der Waals surface area (Å²) in [6, 6.07) is -0.656. The van der Waals surface area contributed by atoms with Crippen molar-refractivity contribution in [1.82, 2.24) is 30.2 Å². The lowest BCUT2D eigenvalue weighted by Crippen LogP contribution is -2.49. The second kappa shape index (κ2) is 10.00. The normalized spacial score (nSPS) is 15.5. The number of carbonyl (C=O) groups excluding carboxylic acids is 2. The average Bonchev–Trinajstić information content (AvgIpc) is 2.72. The topological polar surface area (TPSA) is 127 Å². The number of amides is 2. The van der Waals surface area contributed by atoms with Crippen LogP contribution in [0.4, 0.5) is 5.82 Å². The van der Waals surface area contributed by atoms with Gasteiger partial charge in [-0.3, -0.25) is 14.6 Å². The molecule has 2 aromatic heterocycles. The van der Waals surface area contributed by atoms with Gasteiger partial charge in [-0.1, -0.05) is 11.6 Å². The van der Waals surface area contributed by atoms with Crippen LogP contribution in [0.1, 0.15) is 53.8 Å². The highest BCUT2D eigenvalue weighted by Gasteiger charge is 2.27. The first-order chi connectivity index (χ1) is 14.7. The van der Waals surface area contributed by atoms with Gasteiger partial charge in [0.05, 0.1) is 12.4 Å². The number of anilines is 1. The van der Waals surface area contributed by atoms with Crippen molar-refractivity contribution in [2.45, 2.75) is 52.5 Å². The highest BCUT2D eigenvalue weighted by molar-refractivity contribution is 6.29. The molecule has 3 rings (SSSR count). The van der Waals surface area contributed by atoms with Gasteiger partial charge in [-0.05, 0) is 52.4 Å². The van der Waals surface area contributed by atoms with E-state index in [-0.39, 0.29) is 16.8 Å². The second-order valence-electron chi connectivity index (χ2n) is 7.95. The van der Waals surface area contributed by atoms with Crippen LogP contribution in [0.5, 0.6) is 0 Å². The lowest BCUT2D eigenvalue weighted by molar-refractivity contribution is -0.134. The molecule has 1 fully saturated rings. The van der Waals surface area contributed by atoms with Crippen molar-refractivity contribution in [3.05, 3.63) is 40.3 Å². The highest BCUT2D eigenvalue weighted by Crippen LogP contribution is 2.25. The van der Waals surface area contributed by atoms with E-state index in [1.54, 1.807) is 11.8 Å². The van der Waals surface area contributed by atoms with Crippen LogP contribution < -0.4 is 11.1 Å². The summed E-state index contributed by atoms with van der Waals surface area (Å²) in [5, 5.41) is 2.80. The molecule has 2 aromatic rings. The zero-order valence-electron chi connectivity index (χ0n) is 18.1. The molecule has 1 saturated heterocycles. The number of rotatable bonds is 6. The zero-order chi connectivity index (χ0) is 22.5. The van der Waals surface area contributed by atoms with E-state index < -0.39 is 11.9 Å². The van der Waals surface area contributed by atoms with Gasteiger partial charge in [0.15, 0.2) is 0 Å². The molecule has 0 saturated carbocycles. The molecule has 0 unspecified atom stereocenters. The fraction of sp³-hybridized carbons (Fsp3) is 0.524. The summed E-state index contributed by atoms with van der Waals surface area (Å²) in [7, 11) is 0. The van der Waals surface area contributed by atoms with E-state index >= 15 is 0 Å². The maximum atomic E-state index is 12.8. The molecular weight excluding hydrogens is 418 g/mol. The van der Waals surface area contributed by atoms with E-state index in [1.807, 2.05) is 13.8 Å². The predicted octanol–water partition coefficient (Wildman–Crippen LogP) is 2.11. The van der Waals surface area contributed by atoms with Gasteiger partial charge in [-0.15, -0.1) is 0 Å². The number of carbonyl (C=O) groups is 2. The van der Waals surface area contributed by atoms with Gasteiger partial charge in [0.25, 0.3) is 5.91 Å². The highest BCUT2D eigenvalue weighted by atomic mass is 35.5. The Labute approximate surface area is 186 Å². The molecule has 2 amide bonds. The summed E-state index contributed by atoms with van der Waals surface area (Å²) < 4.78 is 0. The first kappa shape index (κ1) is 22.9. The Morgan fingerprint density at radius 1 is 1.23 bits per heavy atom. The summed E-state index contributed by atoms with van der Waals surface area (Å²) in [5.74, 6) is 1.18. The number of likely N-dealkylation sites (tertiary alicyclic amines) is 1. The third kappa shape index (κ3) is 5.88. The maximum Gasteiger partial charge on any atom is 0.272 e. The summed E-state index contributed by atoms with van der Waals surface area (Å²) in [6.07, 6.45) is 6.31. The van der Waals surface area contributed by atoms with Crippen molar-refractivity contribution in [2.75, 3.05) is 18.8 Å². The minimum atomic E-state index is -0.656. The quantitative estimate of drug-likeness (QED) is 0.696. The van der Waals surface area contributed by atoms with Gasteiger partial charge < -0.3 is 16.0 Å². The molecule has 166 valence electrons. The molecule has 0 aliphatic carbocycles. The number of nitrogen functional groups attached to an aromatic ring is 1. The molecule has 1 aliphatic rings. The number of hydrogen-bond acceptors (Lipinski definition) is 7. The van der Waals surface area contributed by atoms with Gasteiger partial charge in [-0.2, -0.15) is 0 Å². The standard InChI is InChI=1S/C21H28ClN7O2/c1-12-16(19(23)27-14(3)25-12)5-4-15-6-8-29(9-7-15)21(31)13(2)26-20(30)17-10-24-11-18(22)28-17/h10-11,13,15H,4-9H2,1-3H3,(H,26,30)(H2,23,25,27)/t13-/m0/s1. The number of aryl methyl sites for hydroxylation is 2. The van der Waals surface area contributed by atoms with Crippen LogP contribution in [0.15, 0.2) is 12.4 Å². The zero-order valence-corrected chi connectivity index (χ0v) is 18.8. The Morgan fingerprint density at radius 3 is 2.58 bits per heavy atom. The van der Waals surface area contributed by atoms with Gasteiger partial charge in [-0.25, -0.2) is 15.0 Å². The van der Waals surface area contributed by atoms with Crippen molar-refractivity contribution >= 4 is 29.2 Å². The number of nitrogens with zero attached hydrogens (tertiary/aromatic N) is 5. The summed E-state index contributed by atoms with van der Waals surface area (Å²) in [6.45, 7) is 6.81. The Hall–Kier alpha value is -2.81. The molecule has 3 N–H and O–H groups in total. The van der Waals surface area contributed by atoms with Crippen molar-refractivity contribution in [2.24, 2.45) is 5.92 Å². The van der Waals surface area contributed by atoms with Crippen LogP contribution >= 0.6 is 11.6 Å². The van der Waals surface area contributed by atoms with Crippen LogP contribution in [-0.4, -0.2) is 55.8 Å². The molecule has 31 heavy (non-hydrogen) atoms. The largest absolute Gasteiger partial charge is 0.383 e. The Bertz CT molecular complexity index is 937. The molecule has 9 nitrogen and oxygen atoms in total. The van der Waals surface area contributed by atoms with E-state index in [0.29, 0.717) is 30.6 Å². The first-order valence-electron chi connectivity index (χ1n) is 10.4. The van der Waals surface area contributed by atoms with Crippen molar-refractivity contribution < 1.29 is 9.59 Å². The molecule has 1 atom stereocenters. The van der Waals surface area contributed by atoms with E-state index in [9.17, 15) is 9.59 Å². The number of halogens is 1. The van der Waals surface area contributed by atoms with Crippen LogP contribution in [0, 0.1) is 19.8 Å². The van der Waals surface area contributed by atoms with Gasteiger partial charge in [0, 0.05) is 24.3 Å². The predicted molar refractivity (Wildman–Crippen MR) is 118 cm³/mol. The molecular formula is C21H28ClN7O2. The third-order valence-corrected chi connectivity index (χ3v) is 5.82. The van der Waals surface area contributed by atoms with E-state index in [1.165, 1.54) is 12.4 Å². The Morgan fingerprint density at radius 2 is 1.94 bits per heavy atom. The van der Waals surface area contributed by atoms with Crippen molar-refractivity contribution in [3.8, 4) is 0 Å². The van der Waals surface area contributed by atoms with Crippen LogP contribution in [0.2, 0.25) is 5.15 Å². The van der Waals surface area contributed by atoms with E-state index in [0.717, 1.165) is 36.9 Å². The summed E-state index contributed by atoms with van der Waals surface area (Å²) in [4.78, 5) is 43.3. The fourth-order valence-electron chi connectivity index (χ4n) is 3.92. The van der Waals surface area contributed by atoms with Crippen molar-refractivity contribution in [3.63, 3.8) is 0 Å². The molecule has 0 aromatic carbocycles. The number of nitrogens with two attached hydrogens (primary N) is 1. The molecule has 10 heteroatoms. The second-order valence-corrected chi connectivity index (χ2v) is 8.34. The van der Waals surface area contributed by atoms with Crippen LogP contribution in [0.25, 0.3) is 0 Å². The first-order valence-corrected chi connectivity index (χ1v) is 10.8. The maximum absolute atomic E-state index is 12.8. The number of hydrogen-bond donors (Lipinski definition) is 2. The summed E-state index contributed by atoms with van der Waals surface area (Å²) >= 11 is 5.77. The number of nitrogens with one attached hydrogen (secondary N) is 1. The smallest absolute Gasteiger partial charge is 0.272 e. The summed E-state index contributed by atoms with van der Waals surface area (Å²) in [5.41, 5.74) is 8.11. The number of piperidine rings is 1. The Kier molecular flexibility index (Phi) is 7.37. The average molecular weight is 446 g/mol. The lowest BCUT2D eigenvalue weighted by Gasteiger charge is -2.33. The van der Waals surface area contributed by atoms with Gasteiger partial charge in [0.2, 0.25) is 5.91 Å². The minimum absolute atomic E-state index is 0.0838. The van der Waals surface area contributed by atoms with Crippen molar-refractivity contribution in [1.29, 1.82) is 0 Å². The monoisotopic (exact) mass is 445 g/mol. The van der Waals surface area contributed by atoms with E-state index in [4.69, 9.17) is 17.3 Å². The molecule has 3 heterocycles. The SMILES string of the molecule is Cc1nc(C)c(CCC2CCN(C(=O)[C@H](C)NC(=O)c3cncc(Cl)n3)CC2)c(N)n1. The van der Waals surface area contributed by atoms with Gasteiger partial charge in [0.1, 0.15) is 28.5 Å². The van der Waals surface area contributed by atoms with Crippen LogP contribution in [0.3, 0.4) is 0 Å². The van der Waals surface area contributed by atoms with Crippen LogP contribution in [-0.2, 0) is 11.2 Å². The number of aromatic nitrogens is 4.